The van der Waals surface area contributed by atoms with Gasteiger partial charge in [-0.1, -0.05) is 34.0 Å². The highest BCUT2D eigenvalue weighted by atomic mass is 79.9. The summed E-state index contributed by atoms with van der Waals surface area (Å²) < 4.78 is 0. The molecule has 0 N–H and O–H groups in total. The average molecular weight is 364 g/mol. The minimum absolute atomic E-state index is 0.0717. The Balaban J connectivity index is 2.78. The van der Waals surface area contributed by atoms with E-state index in [1.54, 1.807) is 7.05 Å². The smallest absolute Gasteiger partial charge is 0.283 e. The van der Waals surface area contributed by atoms with Gasteiger partial charge in [-0.25, -0.2) is 0 Å². The Morgan fingerprint density at radius 1 is 1.40 bits per heavy atom. The lowest BCUT2D eigenvalue weighted by Crippen LogP contribution is -2.28. The number of carbonyl (C=O) groups excluding carboxylic acids is 1. The van der Waals surface area contributed by atoms with Crippen molar-refractivity contribution in [3.05, 3.63) is 38.9 Å². The number of amides is 1. The fourth-order valence-electron chi connectivity index (χ4n) is 1.76. The van der Waals surface area contributed by atoms with Crippen molar-refractivity contribution in [3.63, 3.8) is 0 Å². The summed E-state index contributed by atoms with van der Waals surface area (Å²) in [5.74, 6) is -0.354. The number of hydrogen-bond donors (Lipinski definition) is 0. The lowest BCUT2D eigenvalue weighted by molar-refractivity contribution is -0.385. The zero-order valence-electron chi connectivity index (χ0n) is 11.1. The number of nitro benzene ring substituents is 1. The highest BCUT2D eigenvalue weighted by molar-refractivity contribution is 9.09. The van der Waals surface area contributed by atoms with Gasteiger partial charge in [-0.3, -0.25) is 14.9 Å². The van der Waals surface area contributed by atoms with Crippen LogP contribution in [-0.4, -0.2) is 34.7 Å². The molecule has 110 valence electrons. The maximum absolute atomic E-state index is 12.2. The Bertz CT molecular complexity index is 497. The molecular weight excluding hydrogens is 348 g/mol. The van der Waals surface area contributed by atoms with E-state index in [4.69, 9.17) is 11.6 Å². The van der Waals surface area contributed by atoms with Crippen LogP contribution in [0.25, 0.3) is 0 Å². The van der Waals surface area contributed by atoms with Crippen LogP contribution in [-0.2, 0) is 0 Å². The molecular formula is C13H16BrClN2O3. The lowest BCUT2D eigenvalue weighted by atomic mass is 10.1. The molecule has 0 saturated heterocycles. The van der Waals surface area contributed by atoms with E-state index in [2.05, 4.69) is 15.9 Å². The fourth-order valence-corrected chi connectivity index (χ4v) is 2.33. The molecule has 0 fully saturated rings. The molecule has 0 aromatic heterocycles. The van der Waals surface area contributed by atoms with Crippen LogP contribution in [0.1, 0.15) is 29.6 Å². The summed E-state index contributed by atoms with van der Waals surface area (Å²) in [6.45, 7) is 0.575. The summed E-state index contributed by atoms with van der Waals surface area (Å²) in [7, 11) is 1.65. The monoisotopic (exact) mass is 362 g/mol. The standard InChI is InChI=1S/C13H16BrClN2O3/c1-16(8-4-2-3-7-14)13(18)11-6-5-10(15)9-12(11)17(19)20/h5-6,9H,2-4,7-8H2,1H3. The number of benzene rings is 1. The Morgan fingerprint density at radius 2 is 2.10 bits per heavy atom. The molecule has 0 unspecified atom stereocenters. The molecule has 7 heteroatoms. The van der Waals surface area contributed by atoms with Crippen LogP contribution in [0.4, 0.5) is 5.69 Å². The van der Waals surface area contributed by atoms with E-state index in [1.807, 2.05) is 0 Å². The van der Waals surface area contributed by atoms with E-state index in [-0.39, 0.29) is 22.2 Å². The topological polar surface area (TPSA) is 63.5 Å². The van der Waals surface area contributed by atoms with Gasteiger partial charge in [0.25, 0.3) is 11.6 Å². The minimum atomic E-state index is -0.586. The maximum atomic E-state index is 12.2. The minimum Gasteiger partial charge on any atom is -0.341 e. The summed E-state index contributed by atoms with van der Waals surface area (Å²) in [5, 5.41) is 12.2. The molecule has 0 spiro atoms. The summed E-state index contributed by atoms with van der Waals surface area (Å²) in [6, 6.07) is 4.09. The molecule has 0 radical (unpaired) electrons. The van der Waals surface area contributed by atoms with Crippen molar-refractivity contribution in [1.29, 1.82) is 0 Å². The third-order valence-corrected chi connectivity index (χ3v) is 3.66. The van der Waals surface area contributed by atoms with Crippen LogP contribution < -0.4 is 0 Å². The van der Waals surface area contributed by atoms with E-state index in [0.717, 1.165) is 24.6 Å². The number of nitrogens with zero attached hydrogens (tertiary/aromatic N) is 2. The Morgan fingerprint density at radius 3 is 2.70 bits per heavy atom. The van der Waals surface area contributed by atoms with Crippen molar-refractivity contribution < 1.29 is 9.72 Å². The van der Waals surface area contributed by atoms with Crippen molar-refractivity contribution in [2.24, 2.45) is 0 Å². The van der Waals surface area contributed by atoms with E-state index < -0.39 is 4.92 Å². The molecule has 0 bridgehead atoms. The number of hydrogen-bond acceptors (Lipinski definition) is 3. The number of halogens is 2. The molecule has 0 heterocycles. The molecule has 1 rings (SSSR count). The Labute approximate surface area is 131 Å². The van der Waals surface area contributed by atoms with Crippen molar-refractivity contribution >= 4 is 39.1 Å². The molecule has 0 aliphatic carbocycles. The third-order valence-electron chi connectivity index (χ3n) is 2.86. The van der Waals surface area contributed by atoms with Gasteiger partial charge in [0, 0.05) is 30.0 Å². The zero-order chi connectivity index (χ0) is 15.1. The highest BCUT2D eigenvalue weighted by Gasteiger charge is 2.22. The number of nitro groups is 1. The summed E-state index contributed by atoms with van der Waals surface area (Å²) in [6.07, 6.45) is 2.92. The first-order chi connectivity index (χ1) is 9.47. The number of unbranched alkanes of at least 4 members (excludes halogenated alkanes) is 2. The predicted molar refractivity (Wildman–Crippen MR) is 82.7 cm³/mol. The molecule has 0 aliphatic rings. The zero-order valence-corrected chi connectivity index (χ0v) is 13.5. The van der Waals surface area contributed by atoms with Crippen molar-refractivity contribution in [1.82, 2.24) is 4.90 Å². The molecule has 1 amide bonds. The first-order valence-corrected chi connectivity index (χ1v) is 7.72. The number of rotatable bonds is 7. The van der Waals surface area contributed by atoms with E-state index in [9.17, 15) is 14.9 Å². The van der Waals surface area contributed by atoms with Crippen molar-refractivity contribution in [2.45, 2.75) is 19.3 Å². The SMILES string of the molecule is CN(CCCCCBr)C(=O)c1ccc(Cl)cc1[N+](=O)[O-]. The van der Waals surface area contributed by atoms with Crippen LogP contribution in [0.5, 0.6) is 0 Å². The Hall–Kier alpha value is -1.14. The van der Waals surface area contributed by atoms with Gasteiger partial charge in [-0.15, -0.1) is 0 Å². The van der Waals surface area contributed by atoms with E-state index >= 15 is 0 Å². The van der Waals surface area contributed by atoms with Gasteiger partial charge in [0.2, 0.25) is 0 Å². The van der Waals surface area contributed by atoms with Crippen LogP contribution in [0.15, 0.2) is 18.2 Å². The van der Waals surface area contributed by atoms with Gasteiger partial charge in [0.05, 0.1) is 4.92 Å². The van der Waals surface area contributed by atoms with Crippen LogP contribution in [0, 0.1) is 10.1 Å². The molecule has 5 nitrogen and oxygen atoms in total. The van der Waals surface area contributed by atoms with Gasteiger partial charge in [-0.2, -0.15) is 0 Å². The summed E-state index contributed by atoms with van der Waals surface area (Å²) >= 11 is 9.08. The number of alkyl halides is 1. The van der Waals surface area contributed by atoms with Crippen molar-refractivity contribution in [3.8, 4) is 0 Å². The predicted octanol–water partition coefficient (Wildman–Crippen LogP) is 3.89. The quantitative estimate of drug-likeness (QED) is 0.319. The maximum Gasteiger partial charge on any atom is 0.283 e. The highest BCUT2D eigenvalue weighted by Crippen LogP contribution is 2.24. The molecule has 20 heavy (non-hydrogen) atoms. The van der Waals surface area contributed by atoms with Gasteiger partial charge in [0.1, 0.15) is 5.56 Å². The second-order valence-electron chi connectivity index (χ2n) is 4.39. The molecule has 1 aromatic rings. The normalized spacial score (nSPS) is 10.3. The van der Waals surface area contributed by atoms with Crippen LogP contribution in [0.3, 0.4) is 0 Å². The molecule has 0 atom stereocenters. The van der Waals surface area contributed by atoms with Crippen molar-refractivity contribution in [2.75, 3.05) is 18.9 Å². The Kier molecular flexibility index (Phi) is 6.95. The number of carbonyl (C=O) groups is 1. The fraction of sp³-hybridized carbons (Fsp3) is 0.462. The first kappa shape index (κ1) is 16.9. The molecule has 0 aliphatic heterocycles. The molecule has 1 aromatic carbocycles. The first-order valence-electron chi connectivity index (χ1n) is 6.22. The van der Waals surface area contributed by atoms with Crippen LogP contribution in [0.2, 0.25) is 5.02 Å². The largest absolute Gasteiger partial charge is 0.341 e. The van der Waals surface area contributed by atoms with Gasteiger partial charge in [-0.05, 0) is 25.0 Å². The van der Waals surface area contributed by atoms with Crippen LogP contribution >= 0.6 is 27.5 Å². The summed E-state index contributed by atoms with van der Waals surface area (Å²) in [5.41, 5.74) is -0.183. The second kappa shape index (κ2) is 8.21. The van der Waals surface area contributed by atoms with Gasteiger partial charge in [0.15, 0.2) is 0 Å². The van der Waals surface area contributed by atoms with E-state index in [1.165, 1.54) is 23.1 Å². The second-order valence-corrected chi connectivity index (χ2v) is 5.62. The summed E-state index contributed by atoms with van der Waals surface area (Å²) in [4.78, 5) is 24.1. The molecule has 0 saturated carbocycles. The van der Waals surface area contributed by atoms with Gasteiger partial charge >= 0.3 is 0 Å². The van der Waals surface area contributed by atoms with Gasteiger partial charge < -0.3 is 4.90 Å². The third kappa shape index (κ3) is 4.76. The lowest BCUT2D eigenvalue weighted by Gasteiger charge is -2.17. The van der Waals surface area contributed by atoms with E-state index in [0.29, 0.717) is 6.54 Å². The average Bonchev–Trinajstić information content (AvgIpc) is 2.42.